The van der Waals surface area contributed by atoms with E-state index in [1.54, 1.807) is 49.4 Å². The fourth-order valence-electron chi connectivity index (χ4n) is 2.82. The van der Waals surface area contributed by atoms with Crippen LogP contribution in [0.1, 0.15) is 18.1 Å². The Morgan fingerprint density at radius 3 is 2.51 bits per heavy atom. The van der Waals surface area contributed by atoms with Gasteiger partial charge in [0.1, 0.15) is 12.4 Å². The van der Waals surface area contributed by atoms with Gasteiger partial charge in [-0.3, -0.25) is 9.59 Å². The fraction of sp³-hybridized carbons (Fsp3) is 0.125. The van der Waals surface area contributed by atoms with Crippen molar-refractivity contribution in [3.63, 3.8) is 0 Å². The van der Waals surface area contributed by atoms with Crippen molar-refractivity contribution in [1.82, 2.24) is 5.43 Å². The Bertz CT molecular complexity index is 1240. The number of carbonyl (C=O) groups excluding carboxylic acids is 2. The summed E-state index contributed by atoms with van der Waals surface area (Å²) in [5, 5.41) is 7.00. The number of halogens is 4. The number of hydrazone groups is 1. The van der Waals surface area contributed by atoms with E-state index in [0.29, 0.717) is 38.9 Å². The standard InChI is InChI=1S/C24H19BrCl2FN3O4/c1-2-34-21-11-14(10-18(25)22(21)35-13-17-19(27)4-3-5-20(17)28)12-29-31-24(33)23(32)30-16-8-6-15(26)7-9-16/h3-12H,2,13H2,1H3,(H,30,32)(H,31,33)/b29-12+. The van der Waals surface area contributed by atoms with E-state index in [9.17, 15) is 14.0 Å². The predicted octanol–water partition coefficient (Wildman–Crippen LogP) is 5.96. The minimum Gasteiger partial charge on any atom is -0.490 e. The van der Waals surface area contributed by atoms with Crippen LogP contribution in [-0.2, 0) is 16.2 Å². The average Bonchev–Trinajstić information content (AvgIpc) is 2.81. The third-order valence-corrected chi connectivity index (χ3v) is 5.64. The zero-order valence-corrected chi connectivity index (χ0v) is 21.4. The Hall–Kier alpha value is -3.14. The molecular weight excluding hydrogens is 564 g/mol. The molecular formula is C24H19BrCl2FN3O4. The molecule has 3 rings (SSSR count). The van der Waals surface area contributed by atoms with E-state index in [4.69, 9.17) is 32.7 Å². The number of benzene rings is 3. The van der Waals surface area contributed by atoms with Crippen LogP contribution in [0.25, 0.3) is 0 Å². The monoisotopic (exact) mass is 581 g/mol. The smallest absolute Gasteiger partial charge is 0.329 e. The van der Waals surface area contributed by atoms with Gasteiger partial charge in [0.15, 0.2) is 11.5 Å². The molecule has 0 fully saturated rings. The molecule has 7 nitrogen and oxygen atoms in total. The van der Waals surface area contributed by atoms with Gasteiger partial charge in [-0.15, -0.1) is 0 Å². The Balaban J connectivity index is 1.67. The number of hydrogen-bond acceptors (Lipinski definition) is 5. The number of nitrogens with zero attached hydrogens (tertiary/aromatic N) is 1. The van der Waals surface area contributed by atoms with E-state index < -0.39 is 17.6 Å². The summed E-state index contributed by atoms with van der Waals surface area (Å²) >= 11 is 15.3. The summed E-state index contributed by atoms with van der Waals surface area (Å²) in [7, 11) is 0. The zero-order valence-electron chi connectivity index (χ0n) is 18.3. The number of ether oxygens (including phenoxy) is 2. The van der Waals surface area contributed by atoms with Gasteiger partial charge in [-0.1, -0.05) is 29.3 Å². The maximum Gasteiger partial charge on any atom is 0.329 e. The van der Waals surface area contributed by atoms with Crippen molar-refractivity contribution in [2.45, 2.75) is 13.5 Å². The highest BCUT2D eigenvalue weighted by molar-refractivity contribution is 9.10. The minimum absolute atomic E-state index is 0.115. The number of rotatable bonds is 8. The Labute approximate surface area is 219 Å². The highest BCUT2D eigenvalue weighted by Crippen LogP contribution is 2.37. The van der Waals surface area contributed by atoms with E-state index in [0.717, 1.165) is 0 Å². The van der Waals surface area contributed by atoms with Gasteiger partial charge in [0.2, 0.25) is 0 Å². The van der Waals surface area contributed by atoms with E-state index in [1.807, 2.05) is 0 Å². The first-order chi connectivity index (χ1) is 16.8. The SMILES string of the molecule is CCOc1cc(/C=N/NC(=O)C(=O)Nc2ccc(Cl)cc2)cc(Br)c1OCc1c(F)cccc1Cl. The van der Waals surface area contributed by atoms with Gasteiger partial charge in [-0.05, 0) is 76.9 Å². The van der Waals surface area contributed by atoms with Gasteiger partial charge in [-0.25, -0.2) is 9.82 Å². The van der Waals surface area contributed by atoms with Crippen LogP contribution in [0.3, 0.4) is 0 Å². The quantitative estimate of drug-likeness (QED) is 0.195. The summed E-state index contributed by atoms with van der Waals surface area (Å²) in [6.07, 6.45) is 1.33. The predicted molar refractivity (Wildman–Crippen MR) is 137 cm³/mol. The Morgan fingerprint density at radius 2 is 1.83 bits per heavy atom. The molecule has 0 aliphatic rings. The molecule has 0 heterocycles. The first-order valence-electron chi connectivity index (χ1n) is 10.2. The van der Waals surface area contributed by atoms with Crippen molar-refractivity contribution < 1.29 is 23.5 Å². The first-order valence-corrected chi connectivity index (χ1v) is 11.7. The lowest BCUT2D eigenvalue weighted by molar-refractivity contribution is -0.136. The first kappa shape index (κ1) is 26.5. The van der Waals surface area contributed by atoms with Crippen molar-refractivity contribution in [3.8, 4) is 11.5 Å². The minimum atomic E-state index is -0.956. The highest BCUT2D eigenvalue weighted by Gasteiger charge is 2.16. The molecule has 0 saturated heterocycles. The van der Waals surface area contributed by atoms with Crippen molar-refractivity contribution >= 4 is 62.8 Å². The average molecular weight is 583 g/mol. The van der Waals surface area contributed by atoms with E-state index in [1.165, 1.54) is 18.3 Å². The van der Waals surface area contributed by atoms with Crippen LogP contribution in [0.5, 0.6) is 11.5 Å². The molecule has 11 heteroatoms. The maximum absolute atomic E-state index is 14.1. The molecule has 2 N–H and O–H groups in total. The largest absolute Gasteiger partial charge is 0.490 e. The number of nitrogens with one attached hydrogen (secondary N) is 2. The van der Waals surface area contributed by atoms with Crippen LogP contribution in [0, 0.1) is 5.82 Å². The van der Waals surface area contributed by atoms with Crippen molar-refractivity contribution in [1.29, 1.82) is 0 Å². The normalized spacial score (nSPS) is 10.8. The zero-order chi connectivity index (χ0) is 25.4. The third-order valence-electron chi connectivity index (χ3n) is 4.44. The molecule has 0 aliphatic carbocycles. The van der Waals surface area contributed by atoms with Crippen LogP contribution >= 0.6 is 39.1 Å². The third kappa shape index (κ3) is 7.42. The van der Waals surface area contributed by atoms with Crippen molar-refractivity contribution in [2.24, 2.45) is 5.10 Å². The number of carbonyl (C=O) groups is 2. The molecule has 182 valence electrons. The number of hydrogen-bond donors (Lipinski definition) is 2. The van der Waals surface area contributed by atoms with E-state index >= 15 is 0 Å². The summed E-state index contributed by atoms with van der Waals surface area (Å²) in [6, 6.07) is 14.0. The lowest BCUT2D eigenvalue weighted by Crippen LogP contribution is -2.32. The van der Waals surface area contributed by atoms with Gasteiger partial charge in [0.05, 0.1) is 22.3 Å². The second-order valence-corrected chi connectivity index (χ2v) is 8.61. The molecule has 2 amide bonds. The van der Waals surface area contributed by atoms with Gasteiger partial charge in [0, 0.05) is 16.3 Å². The summed E-state index contributed by atoms with van der Waals surface area (Å²) in [6.45, 7) is 2.02. The Kier molecular flexibility index (Phi) is 9.47. The van der Waals surface area contributed by atoms with Gasteiger partial charge in [0.25, 0.3) is 0 Å². The molecule has 0 radical (unpaired) electrons. The topological polar surface area (TPSA) is 89.0 Å². The van der Waals surface area contributed by atoms with Crippen LogP contribution in [0.2, 0.25) is 10.0 Å². The van der Waals surface area contributed by atoms with Gasteiger partial charge in [-0.2, -0.15) is 5.10 Å². The lowest BCUT2D eigenvalue weighted by atomic mass is 10.2. The molecule has 0 bridgehead atoms. The molecule has 35 heavy (non-hydrogen) atoms. The van der Waals surface area contributed by atoms with Crippen LogP contribution in [0.15, 0.2) is 64.2 Å². The fourth-order valence-corrected chi connectivity index (χ4v) is 3.74. The molecule has 3 aromatic rings. The van der Waals surface area contributed by atoms with Crippen molar-refractivity contribution in [3.05, 3.63) is 86.1 Å². The summed E-state index contributed by atoms with van der Waals surface area (Å²) in [4.78, 5) is 24.0. The van der Waals surface area contributed by atoms with E-state index in [2.05, 4.69) is 31.8 Å². The molecule has 3 aromatic carbocycles. The molecule has 0 aromatic heterocycles. The second-order valence-electron chi connectivity index (χ2n) is 6.91. The summed E-state index contributed by atoms with van der Waals surface area (Å²) < 4.78 is 26.0. The number of anilines is 1. The maximum atomic E-state index is 14.1. The second kappa shape index (κ2) is 12.5. The van der Waals surface area contributed by atoms with Crippen LogP contribution in [-0.4, -0.2) is 24.6 Å². The summed E-state index contributed by atoms with van der Waals surface area (Å²) in [5.74, 6) is -1.62. The molecule has 0 atom stereocenters. The van der Waals surface area contributed by atoms with Crippen LogP contribution < -0.4 is 20.2 Å². The van der Waals surface area contributed by atoms with E-state index in [-0.39, 0.29) is 17.2 Å². The summed E-state index contributed by atoms with van der Waals surface area (Å²) in [5.41, 5.74) is 3.32. The van der Waals surface area contributed by atoms with Crippen LogP contribution in [0.4, 0.5) is 10.1 Å². The molecule has 0 saturated carbocycles. The molecule has 0 unspecified atom stereocenters. The van der Waals surface area contributed by atoms with Gasteiger partial charge >= 0.3 is 11.8 Å². The highest BCUT2D eigenvalue weighted by atomic mass is 79.9. The Morgan fingerprint density at radius 1 is 1.09 bits per heavy atom. The lowest BCUT2D eigenvalue weighted by Gasteiger charge is -2.15. The molecule has 0 spiro atoms. The number of amides is 2. The van der Waals surface area contributed by atoms with Gasteiger partial charge < -0.3 is 14.8 Å². The van der Waals surface area contributed by atoms with Crippen molar-refractivity contribution in [2.75, 3.05) is 11.9 Å². The molecule has 0 aliphatic heterocycles.